The van der Waals surface area contributed by atoms with Crippen LogP contribution in [-0.2, 0) is 11.2 Å². The van der Waals surface area contributed by atoms with Crippen molar-refractivity contribution in [2.24, 2.45) is 5.92 Å². The Bertz CT molecular complexity index is 407. The van der Waals surface area contributed by atoms with E-state index in [1.807, 2.05) is 6.07 Å². The van der Waals surface area contributed by atoms with Crippen molar-refractivity contribution in [3.05, 3.63) is 35.6 Å². The number of ether oxygens (including phenoxy) is 1. The quantitative estimate of drug-likeness (QED) is 0.829. The van der Waals surface area contributed by atoms with Crippen LogP contribution in [0.4, 0.5) is 4.39 Å². The molecular weight excluding hydrogens is 241 g/mol. The van der Waals surface area contributed by atoms with E-state index < -0.39 is 0 Å². The van der Waals surface area contributed by atoms with Crippen LogP contribution in [0.5, 0.6) is 0 Å². The Balaban J connectivity index is 2.00. The van der Waals surface area contributed by atoms with Gasteiger partial charge in [0, 0.05) is 19.7 Å². The number of hydrogen-bond donors (Lipinski definition) is 0. The van der Waals surface area contributed by atoms with Crippen LogP contribution in [-0.4, -0.2) is 37.2 Å². The average Bonchev–Trinajstić information content (AvgIpc) is 2.39. The Morgan fingerprint density at radius 1 is 1.42 bits per heavy atom. The maximum atomic E-state index is 13.2. The number of rotatable bonds is 4. The molecule has 0 N–H and O–H groups in total. The van der Waals surface area contributed by atoms with E-state index in [0.29, 0.717) is 12.0 Å². The molecule has 0 saturated carbocycles. The first-order chi connectivity index (χ1) is 9.10. The Morgan fingerprint density at radius 3 is 2.84 bits per heavy atom. The summed E-state index contributed by atoms with van der Waals surface area (Å²) in [6.07, 6.45) is 2.27. The molecule has 1 aliphatic rings. The van der Waals surface area contributed by atoms with Gasteiger partial charge in [0.25, 0.3) is 0 Å². The summed E-state index contributed by atoms with van der Waals surface area (Å²) in [7, 11) is 1.78. The minimum atomic E-state index is -0.147. The van der Waals surface area contributed by atoms with Gasteiger partial charge in [0.1, 0.15) is 5.82 Å². The molecule has 0 radical (unpaired) electrons. The van der Waals surface area contributed by atoms with E-state index >= 15 is 0 Å². The molecular formula is C16H24FNO. The summed E-state index contributed by atoms with van der Waals surface area (Å²) in [6, 6.07) is 7.49. The Kier molecular flexibility index (Phi) is 4.94. The summed E-state index contributed by atoms with van der Waals surface area (Å²) in [6.45, 7) is 6.53. The highest BCUT2D eigenvalue weighted by Crippen LogP contribution is 2.25. The van der Waals surface area contributed by atoms with Gasteiger partial charge in [-0.3, -0.25) is 4.90 Å². The van der Waals surface area contributed by atoms with E-state index in [2.05, 4.69) is 18.7 Å². The van der Waals surface area contributed by atoms with Crippen molar-refractivity contribution in [3.8, 4) is 0 Å². The fourth-order valence-electron chi connectivity index (χ4n) is 2.93. The van der Waals surface area contributed by atoms with Gasteiger partial charge in [-0.05, 0) is 56.8 Å². The van der Waals surface area contributed by atoms with Crippen molar-refractivity contribution in [2.45, 2.75) is 38.8 Å². The molecule has 1 aliphatic heterocycles. The van der Waals surface area contributed by atoms with Crippen LogP contribution in [0.25, 0.3) is 0 Å². The van der Waals surface area contributed by atoms with Crippen LogP contribution in [0.3, 0.4) is 0 Å². The fraction of sp³-hybridized carbons (Fsp3) is 0.625. The summed E-state index contributed by atoms with van der Waals surface area (Å²) in [5.41, 5.74) is 1.07. The molecule has 2 atom stereocenters. The predicted molar refractivity (Wildman–Crippen MR) is 75.7 cm³/mol. The molecule has 1 fully saturated rings. The highest BCUT2D eigenvalue weighted by Gasteiger charge is 2.30. The average molecular weight is 265 g/mol. The van der Waals surface area contributed by atoms with Gasteiger partial charge in [-0.15, -0.1) is 0 Å². The topological polar surface area (TPSA) is 12.5 Å². The van der Waals surface area contributed by atoms with Crippen molar-refractivity contribution in [2.75, 3.05) is 20.2 Å². The Morgan fingerprint density at radius 2 is 2.21 bits per heavy atom. The summed E-state index contributed by atoms with van der Waals surface area (Å²) in [5, 5.41) is 0. The second kappa shape index (κ2) is 6.49. The van der Waals surface area contributed by atoms with Gasteiger partial charge < -0.3 is 4.74 Å². The molecule has 106 valence electrons. The molecule has 1 aromatic carbocycles. The van der Waals surface area contributed by atoms with E-state index in [4.69, 9.17) is 4.74 Å². The van der Waals surface area contributed by atoms with Gasteiger partial charge in [0.15, 0.2) is 0 Å². The van der Waals surface area contributed by atoms with Crippen LogP contribution in [0.1, 0.15) is 25.8 Å². The standard InChI is InChI=1S/C16H24FNO/c1-12(2)18-8-7-14(16(11-18)19-3)9-13-5-4-6-15(17)10-13/h4-6,10,12,14,16H,7-9,11H2,1-3H3/t14-,16+/m1/s1. The summed E-state index contributed by atoms with van der Waals surface area (Å²) in [4.78, 5) is 2.45. The lowest BCUT2D eigenvalue weighted by molar-refractivity contribution is -0.0201. The smallest absolute Gasteiger partial charge is 0.123 e. The zero-order valence-electron chi connectivity index (χ0n) is 12.1. The van der Waals surface area contributed by atoms with Gasteiger partial charge in [-0.1, -0.05) is 12.1 Å². The molecule has 0 aliphatic carbocycles. The molecule has 0 unspecified atom stereocenters. The monoisotopic (exact) mass is 265 g/mol. The van der Waals surface area contributed by atoms with E-state index in [0.717, 1.165) is 31.5 Å². The van der Waals surface area contributed by atoms with Gasteiger partial charge in [0.05, 0.1) is 6.10 Å². The van der Waals surface area contributed by atoms with Crippen molar-refractivity contribution >= 4 is 0 Å². The number of piperidine rings is 1. The number of nitrogens with zero attached hydrogens (tertiary/aromatic N) is 1. The molecule has 2 rings (SSSR count). The fourth-order valence-corrected chi connectivity index (χ4v) is 2.93. The zero-order valence-corrected chi connectivity index (χ0v) is 12.1. The van der Waals surface area contributed by atoms with E-state index in [-0.39, 0.29) is 11.9 Å². The van der Waals surface area contributed by atoms with E-state index in [1.165, 1.54) is 6.07 Å². The Labute approximate surface area is 115 Å². The largest absolute Gasteiger partial charge is 0.380 e. The number of methoxy groups -OCH3 is 1. The minimum absolute atomic E-state index is 0.147. The molecule has 0 amide bonds. The lowest BCUT2D eigenvalue weighted by atomic mass is 9.87. The third-order valence-corrected chi connectivity index (χ3v) is 4.15. The normalized spacial score (nSPS) is 24.9. The van der Waals surface area contributed by atoms with Crippen molar-refractivity contribution in [1.29, 1.82) is 0 Å². The number of halogens is 1. The molecule has 0 aromatic heterocycles. The zero-order chi connectivity index (χ0) is 13.8. The first-order valence-corrected chi connectivity index (χ1v) is 7.11. The number of hydrogen-bond acceptors (Lipinski definition) is 2. The molecule has 19 heavy (non-hydrogen) atoms. The highest BCUT2D eigenvalue weighted by atomic mass is 19.1. The first-order valence-electron chi connectivity index (χ1n) is 7.11. The SMILES string of the molecule is CO[C@H]1CN(C(C)C)CC[C@@H]1Cc1cccc(F)c1. The summed E-state index contributed by atoms with van der Waals surface area (Å²) in [5.74, 6) is 0.341. The molecule has 1 heterocycles. The van der Waals surface area contributed by atoms with Gasteiger partial charge in [0.2, 0.25) is 0 Å². The molecule has 0 spiro atoms. The van der Waals surface area contributed by atoms with Crippen LogP contribution < -0.4 is 0 Å². The third kappa shape index (κ3) is 3.77. The third-order valence-electron chi connectivity index (χ3n) is 4.15. The van der Waals surface area contributed by atoms with Gasteiger partial charge >= 0.3 is 0 Å². The van der Waals surface area contributed by atoms with Crippen LogP contribution in [0.15, 0.2) is 24.3 Å². The van der Waals surface area contributed by atoms with Crippen molar-refractivity contribution < 1.29 is 9.13 Å². The highest BCUT2D eigenvalue weighted by molar-refractivity contribution is 5.17. The molecule has 1 saturated heterocycles. The second-order valence-corrected chi connectivity index (χ2v) is 5.75. The summed E-state index contributed by atoms with van der Waals surface area (Å²) >= 11 is 0. The van der Waals surface area contributed by atoms with Crippen LogP contribution in [0.2, 0.25) is 0 Å². The number of benzene rings is 1. The molecule has 2 nitrogen and oxygen atoms in total. The van der Waals surface area contributed by atoms with E-state index in [9.17, 15) is 4.39 Å². The molecule has 3 heteroatoms. The predicted octanol–water partition coefficient (Wildman–Crippen LogP) is 3.11. The maximum Gasteiger partial charge on any atom is 0.123 e. The molecule has 0 bridgehead atoms. The first kappa shape index (κ1) is 14.5. The van der Waals surface area contributed by atoms with E-state index in [1.54, 1.807) is 19.2 Å². The van der Waals surface area contributed by atoms with Crippen molar-refractivity contribution in [1.82, 2.24) is 4.90 Å². The molecule has 1 aromatic rings. The lowest BCUT2D eigenvalue weighted by Crippen LogP contribution is -2.48. The maximum absolute atomic E-state index is 13.2. The van der Waals surface area contributed by atoms with Gasteiger partial charge in [-0.2, -0.15) is 0 Å². The lowest BCUT2D eigenvalue weighted by Gasteiger charge is -2.40. The summed E-state index contributed by atoms with van der Waals surface area (Å²) < 4.78 is 18.9. The number of likely N-dealkylation sites (tertiary alicyclic amines) is 1. The van der Waals surface area contributed by atoms with Crippen LogP contribution >= 0.6 is 0 Å². The van der Waals surface area contributed by atoms with Crippen molar-refractivity contribution in [3.63, 3.8) is 0 Å². The minimum Gasteiger partial charge on any atom is -0.380 e. The van der Waals surface area contributed by atoms with Crippen LogP contribution in [0, 0.1) is 11.7 Å². The second-order valence-electron chi connectivity index (χ2n) is 5.75. The van der Waals surface area contributed by atoms with Gasteiger partial charge in [-0.25, -0.2) is 4.39 Å². The Hall–Kier alpha value is -0.930.